The highest BCUT2D eigenvalue weighted by Gasteiger charge is 2.13. The summed E-state index contributed by atoms with van der Waals surface area (Å²) < 4.78 is 11.7. The summed E-state index contributed by atoms with van der Waals surface area (Å²) in [4.78, 5) is 34.8. The van der Waals surface area contributed by atoms with E-state index >= 15 is 0 Å². The van der Waals surface area contributed by atoms with Gasteiger partial charge in [-0.15, -0.1) is 0 Å². The topological polar surface area (TPSA) is 110 Å². The highest BCUT2D eigenvalue weighted by atomic mass is 35.5. The lowest BCUT2D eigenvalue weighted by atomic mass is 10.1. The van der Waals surface area contributed by atoms with Gasteiger partial charge < -0.3 is 24.7 Å². The number of allylic oxidation sites excluding steroid dienone is 1. The summed E-state index contributed by atoms with van der Waals surface area (Å²) >= 11 is 6.25. The van der Waals surface area contributed by atoms with Crippen LogP contribution in [0.15, 0.2) is 71.3 Å². The maximum Gasteiger partial charge on any atom is 0.300 e. The maximum atomic E-state index is 12.6. The zero-order valence-electron chi connectivity index (χ0n) is 19.9. The van der Waals surface area contributed by atoms with Crippen LogP contribution in [-0.4, -0.2) is 54.2 Å². The van der Waals surface area contributed by atoms with E-state index in [2.05, 4.69) is 20.6 Å². The third-order valence-electron chi connectivity index (χ3n) is 5.01. The van der Waals surface area contributed by atoms with Crippen LogP contribution in [0, 0.1) is 0 Å². The van der Waals surface area contributed by atoms with Gasteiger partial charge in [0.05, 0.1) is 5.02 Å². The number of likely N-dealkylation sites (N-methyl/N-ethyl adjacent to an activating group) is 1. The van der Waals surface area contributed by atoms with Gasteiger partial charge in [0.15, 0.2) is 11.4 Å². The van der Waals surface area contributed by atoms with Crippen LogP contribution in [-0.2, 0) is 0 Å². The fourth-order valence-corrected chi connectivity index (χ4v) is 3.47. The number of fused-ring (bicyclic) bond motifs is 1. The molecule has 0 spiro atoms. The lowest BCUT2D eigenvalue weighted by Crippen LogP contribution is -2.18. The number of ketones is 1. The molecule has 0 fully saturated rings. The first kappa shape index (κ1) is 24.9. The number of hydrogen-bond acceptors (Lipinski definition) is 8. The van der Waals surface area contributed by atoms with Crippen molar-refractivity contribution in [2.75, 3.05) is 33.0 Å². The number of aromatic nitrogens is 2. The number of hydrogen-bond donors (Lipinski definition) is 2. The molecule has 0 aliphatic heterocycles. The Labute approximate surface area is 212 Å². The van der Waals surface area contributed by atoms with Gasteiger partial charge in [-0.25, -0.2) is 0 Å². The Morgan fingerprint density at radius 3 is 2.69 bits per heavy atom. The Bertz CT molecular complexity index is 1450. The quantitative estimate of drug-likeness (QED) is 0.239. The first-order chi connectivity index (χ1) is 17.3. The lowest BCUT2D eigenvalue weighted by Gasteiger charge is -2.06. The smallest absolute Gasteiger partial charge is 0.300 e. The van der Waals surface area contributed by atoms with Crippen molar-refractivity contribution in [1.82, 2.24) is 20.2 Å². The summed E-state index contributed by atoms with van der Waals surface area (Å²) in [7, 11) is 5.38. The first-order valence-corrected chi connectivity index (χ1v) is 11.4. The number of rotatable bonds is 9. The summed E-state index contributed by atoms with van der Waals surface area (Å²) in [6, 6.07) is 13.7. The third kappa shape index (κ3) is 6.07. The molecule has 0 radical (unpaired) electrons. The highest BCUT2D eigenvalue weighted by Crippen LogP contribution is 2.29. The minimum absolute atomic E-state index is 0.194. The minimum Gasteiger partial charge on any atom is -0.457 e. The molecule has 0 saturated heterocycles. The third-order valence-corrected chi connectivity index (χ3v) is 5.34. The fraction of sp³-hybridized carbons (Fsp3) is 0.154. The molecule has 2 heterocycles. The Morgan fingerprint density at radius 1 is 1.11 bits per heavy atom. The van der Waals surface area contributed by atoms with Gasteiger partial charge in [-0.2, -0.15) is 4.98 Å². The number of nitrogens with zero attached hydrogens (tertiary/aromatic N) is 3. The number of nitrogens with one attached hydrogen (secondary N) is 2. The monoisotopic (exact) mass is 505 g/mol. The minimum atomic E-state index is -0.306. The van der Waals surface area contributed by atoms with Crippen molar-refractivity contribution >= 4 is 46.1 Å². The summed E-state index contributed by atoms with van der Waals surface area (Å²) in [5.74, 6) is 0.475. The number of ether oxygens (including phenoxy) is 1. The molecule has 4 rings (SSSR count). The van der Waals surface area contributed by atoms with E-state index in [1.807, 2.05) is 19.0 Å². The molecule has 2 N–H and O–H groups in total. The molecule has 36 heavy (non-hydrogen) atoms. The SMILES string of the molecule is CNC(=O)c1cc(Oc2ccc3oc(Nc4ccc(Cl)c(C(=O)C=CCN(C)C)c4)nc3c2)ccn1. The van der Waals surface area contributed by atoms with Crippen molar-refractivity contribution in [3.8, 4) is 11.5 Å². The molecule has 4 aromatic rings. The van der Waals surface area contributed by atoms with Crippen molar-refractivity contribution < 1.29 is 18.7 Å². The molecule has 0 atom stereocenters. The van der Waals surface area contributed by atoms with Crippen LogP contribution in [0.25, 0.3) is 11.1 Å². The standard InChI is InChI=1S/C26H24ClN5O4/c1-28-25(34)22-15-18(10-11-29-22)35-17-7-9-24-21(14-17)31-26(36-24)30-16-6-8-20(27)19(13-16)23(33)5-4-12-32(2)3/h4-11,13-15H,12H2,1-3H3,(H,28,34)(H,30,31). The number of halogens is 1. The second-order valence-corrected chi connectivity index (χ2v) is 8.46. The van der Waals surface area contributed by atoms with Crippen LogP contribution in [0.2, 0.25) is 5.02 Å². The van der Waals surface area contributed by atoms with Crippen molar-refractivity contribution in [2.45, 2.75) is 0 Å². The van der Waals surface area contributed by atoms with E-state index in [0.29, 0.717) is 45.4 Å². The van der Waals surface area contributed by atoms with Gasteiger partial charge >= 0.3 is 0 Å². The van der Waals surface area contributed by atoms with Crippen LogP contribution >= 0.6 is 11.6 Å². The molecular formula is C26H24ClN5O4. The number of anilines is 2. The molecule has 2 aromatic heterocycles. The Kier molecular flexibility index (Phi) is 7.62. The summed E-state index contributed by atoms with van der Waals surface area (Å²) in [6.45, 7) is 0.645. The van der Waals surface area contributed by atoms with E-state index in [1.54, 1.807) is 54.6 Å². The Hall–Kier alpha value is -4.21. The van der Waals surface area contributed by atoms with Crippen LogP contribution in [0.5, 0.6) is 11.5 Å². The van der Waals surface area contributed by atoms with E-state index < -0.39 is 0 Å². The van der Waals surface area contributed by atoms with E-state index in [-0.39, 0.29) is 23.4 Å². The molecule has 0 unspecified atom stereocenters. The van der Waals surface area contributed by atoms with Gasteiger partial charge in [0.25, 0.3) is 11.9 Å². The zero-order valence-corrected chi connectivity index (χ0v) is 20.7. The van der Waals surface area contributed by atoms with Crippen LogP contribution in [0.1, 0.15) is 20.8 Å². The number of pyridine rings is 1. The van der Waals surface area contributed by atoms with E-state index in [9.17, 15) is 9.59 Å². The second kappa shape index (κ2) is 11.0. The molecule has 0 bridgehead atoms. The van der Waals surface area contributed by atoms with Gasteiger partial charge in [-0.3, -0.25) is 14.6 Å². The summed E-state index contributed by atoms with van der Waals surface area (Å²) in [5.41, 5.74) is 2.33. The molecule has 0 aliphatic carbocycles. The van der Waals surface area contributed by atoms with Gasteiger partial charge in [0.2, 0.25) is 0 Å². The second-order valence-electron chi connectivity index (χ2n) is 8.06. The summed E-state index contributed by atoms with van der Waals surface area (Å²) in [6.07, 6.45) is 4.79. The number of amides is 1. The van der Waals surface area contributed by atoms with E-state index in [0.717, 1.165) is 0 Å². The largest absolute Gasteiger partial charge is 0.457 e. The van der Waals surface area contributed by atoms with Crippen molar-refractivity contribution in [3.05, 3.63) is 83.2 Å². The number of carbonyl (C=O) groups excluding carboxylic acids is 2. The van der Waals surface area contributed by atoms with Crippen molar-refractivity contribution in [1.29, 1.82) is 0 Å². The molecule has 0 saturated carbocycles. The van der Waals surface area contributed by atoms with Crippen LogP contribution in [0.4, 0.5) is 11.7 Å². The molecule has 2 aromatic carbocycles. The number of carbonyl (C=O) groups is 2. The Balaban J connectivity index is 1.51. The zero-order chi connectivity index (χ0) is 25.7. The van der Waals surface area contributed by atoms with Crippen LogP contribution < -0.4 is 15.4 Å². The molecule has 184 valence electrons. The average molecular weight is 506 g/mol. The van der Waals surface area contributed by atoms with Crippen molar-refractivity contribution in [3.63, 3.8) is 0 Å². The lowest BCUT2D eigenvalue weighted by molar-refractivity contribution is 0.0957. The van der Waals surface area contributed by atoms with Crippen molar-refractivity contribution in [2.24, 2.45) is 0 Å². The molecule has 1 amide bonds. The first-order valence-electron chi connectivity index (χ1n) is 11.0. The predicted molar refractivity (Wildman–Crippen MR) is 138 cm³/mol. The maximum absolute atomic E-state index is 12.6. The van der Waals surface area contributed by atoms with E-state index in [4.69, 9.17) is 20.8 Å². The molecule has 0 aliphatic rings. The highest BCUT2D eigenvalue weighted by molar-refractivity contribution is 6.34. The molecule has 9 nitrogen and oxygen atoms in total. The van der Waals surface area contributed by atoms with Gasteiger partial charge in [-0.05, 0) is 56.6 Å². The fourth-order valence-electron chi connectivity index (χ4n) is 3.26. The normalized spacial score (nSPS) is 11.2. The van der Waals surface area contributed by atoms with Crippen LogP contribution in [0.3, 0.4) is 0 Å². The average Bonchev–Trinajstić information content (AvgIpc) is 3.26. The number of oxazole rings is 1. The Morgan fingerprint density at radius 2 is 1.92 bits per heavy atom. The van der Waals surface area contributed by atoms with Gasteiger partial charge in [-0.1, -0.05) is 17.7 Å². The van der Waals surface area contributed by atoms with Gasteiger partial charge in [0, 0.05) is 43.2 Å². The predicted octanol–water partition coefficient (Wildman–Crippen LogP) is 5.07. The molecular weight excluding hydrogens is 482 g/mol. The number of benzene rings is 2. The molecule has 10 heteroatoms. The summed E-state index contributed by atoms with van der Waals surface area (Å²) in [5, 5.41) is 5.96. The van der Waals surface area contributed by atoms with Gasteiger partial charge in [0.1, 0.15) is 22.7 Å². The van der Waals surface area contributed by atoms with E-state index in [1.165, 1.54) is 19.3 Å².